The number of hydrazine groups is 1. The van der Waals surface area contributed by atoms with E-state index in [0.717, 1.165) is 32.6 Å². The molecule has 0 aromatic heterocycles. The third kappa shape index (κ3) is 2.17. The molecule has 1 saturated heterocycles. The van der Waals surface area contributed by atoms with Crippen molar-refractivity contribution in [3.05, 3.63) is 0 Å². The molecule has 0 aliphatic carbocycles. The van der Waals surface area contributed by atoms with Crippen LogP contribution in [-0.4, -0.2) is 61.6 Å². The van der Waals surface area contributed by atoms with Crippen LogP contribution in [0.3, 0.4) is 0 Å². The number of carbonyl (C=O) groups is 1. The van der Waals surface area contributed by atoms with E-state index >= 15 is 0 Å². The predicted molar refractivity (Wildman–Crippen MR) is 42.9 cm³/mol. The normalized spacial score (nSPS) is 20.8. The number of piperazine rings is 1. The van der Waals surface area contributed by atoms with Crippen LogP contribution in [0.15, 0.2) is 0 Å². The van der Waals surface area contributed by atoms with Gasteiger partial charge in [-0.15, -0.1) is 0 Å². The van der Waals surface area contributed by atoms with Crippen molar-refractivity contribution < 1.29 is 4.79 Å². The highest BCUT2D eigenvalue weighted by Crippen LogP contribution is 1.99. The van der Waals surface area contributed by atoms with Gasteiger partial charge >= 0.3 is 0 Å². The Morgan fingerprint density at radius 1 is 1.18 bits per heavy atom. The summed E-state index contributed by atoms with van der Waals surface area (Å²) in [5.41, 5.74) is 0. The Hall–Kier alpha value is -0.610. The van der Waals surface area contributed by atoms with Crippen molar-refractivity contribution in [1.82, 2.24) is 14.9 Å². The van der Waals surface area contributed by atoms with Crippen LogP contribution in [0.4, 0.5) is 0 Å². The topological polar surface area (TPSA) is 26.8 Å². The molecular weight excluding hydrogens is 142 g/mol. The minimum Gasteiger partial charge on any atom is -0.343 e. The van der Waals surface area contributed by atoms with Gasteiger partial charge in [0, 0.05) is 40.3 Å². The first-order chi connectivity index (χ1) is 5.24. The summed E-state index contributed by atoms with van der Waals surface area (Å²) in [5, 5.41) is 4.29. The Morgan fingerprint density at radius 2 is 1.73 bits per heavy atom. The average Bonchev–Trinajstić information content (AvgIpc) is 2.05. The third-order valence-electron chi connectivity index (χ3n) is 2.01. The van der Waals surface area contributed by atoms with Crippen molar-refractivity contribution in [3.8, 4) is 0 Å². The summed E-state index contributed by atoms with van der Waals surface area (Å²) in [6.07, 6.45) is 0.924. The number of amides is 1. The molecule has 1 amide bonds. The number of hydrogen-bond acceptors (Lipinski definition) is 3. The van der Waals surface area contributed by atoms with Gasteiger partial charge in [0.05, 0.1) is 0 Å². The minimum absolute atomic E-state index is 0.849. The first kappa shape index (κ1) is 8.49. The van der Waals surface area contributed by atoms with Crippen LogP contribution in [0.2, 0.25) is 0 Å². The van der Waals surface area contributed by atoms with E-state index in [1.165, 1.54) is 0 Å². The van der Waals surface area contributed by atoms with Crippen molar-refractivity contribution in [1.29, 1.82) is 0 Å². The van der Waals surface area contributed by atoms with Gasteiger partial charge in [0.15, 0.2) is 0 Å². The summed E-state index contributed by atoms with van der Waals surface area (Å²) in [6, 6.07) is 0. The van der Waals surface area contributed by atoms with E-state index in [0.29, 0.717) is 0 Å². The Bertz CT molecular complexity index is 130. The summed E-state index contributed by atoms with van der Waals surface area (Å²) in [7, 11) is 4.05. The lowest BCUT2D eigenvalue weighted by Gasteiger charge is -2.36. The van der Waals surface area contributed by atoms with Crippen LogP contribution in [-0.2, 0) is 4.79 Å². The van der Waals surface area contributed by atoms with Gasteiger partial charge in [-0.1, -0.05) is 0 Å². The molecule has 1 fully saturated rings. The minimum atomic E-state index is 0.849. The second kappa shape index (κ2) is 3.69. The van der Waals surface area contributed by atoms with Gasteiger partial charge in [0.2, 0.25) is 6.41 Å². The van der Waals surface area contributed by atoms with E-state index in [4.69, 9.17) is 0 Å². The van der Waals surface area contributed by atoms with Crippen molar-refractivity contribution in [2.75, 3.05) is 40.3 Å². The molecule has 4 nitrogen and oxygen atoms in total. The molecule has 0 bridgehead atoms. The lowest BCUT2D eigenvalue weighted by molar-refractivity contribution is -0.122. The summed E-state index contributed by atoms with van der Waals surface area (Å²) in [6.45, 7) is 3.60. The second-order valence-electron chi connectivity index (χ2n) is 2.94. The van der Waals surface area contributed by atoms with Crippen LogP contribution in [0.1, 0.15) is 0 Å². The SMILES string of the molecule is CN(C)N1CCN(C=O)CC1. The molecule has 64 valence electrons. The van der Waals surface area contributed by atoms with Crippen LogP contribution in [0, 0.1) is 0 Å². The summed E-state index contributed by atoms with van der Waals surface area (Å²) in [5.74, 6) is 0. The zero-order chi connectivity index (χ0) is 8.27. The van der Waals surface area contributed by atoms with Crippen LogP contribution in [0.25, 0.3) is 0 Å². The highest BCUT2D eigenvalue weighted by atomic mass is 16.1. The number of hydrogen-bond donors (Lipinski definition) is 0. The van der Waals surface area contributed by atoms with Crippen LogP contribution >= 0.6 is 0 Å². The predicted octanol–water partition coefficient (Wildman–Crippen LogP) is -0.763. The van der Waals surface area contributed by atoms with Crippen molar-refractivity contribution in [3.63, 3.8) is 0 Å². The molecule has 1 rings (SSSR count). The van der Waals surface area contributed by atoms with E-state index < -0.39 is 0 Å². The molecule has 0 N–H and O–H groups in total. The third-order valence-corrected chi connectivity index (χ3v) is 2.01. The van der Waals surface area contributed by atoms with Gasteiger partial charge < -0.3 is 4.90 Å². The lowest BCUT2D eigenvalue weighted by atomic mass is 10.4. The van der Waals surface area contributed by atoms with E-state index in [2.05, 4.69) is 10.0 Å². The van der Waals surface area contributed by atoms with Gasteiger partial charge in [0.1, 0.15) is 0 Å². The molecule has 1 aliphatic heterocycles. The molecule has 1 heterocycles. The Kier molecular flexibility index (Phi) is 2.84. The van der Waals surface area contributed by atoms with Crippen molar-refractivity contribution >= 4 is 6.41 Å². The maximum Gasteiger partial charge on any atom is 0.209 e. The summed E-state index contributed by atoms with van der Waals surface area (Å²) in [4.78, 5) is 12.1. The Labute approximate surface area is 67.3 Å². The van der Waals surface area contributed by atoms with Gasteiger partial charge in [-0.05, 0) is 0 Å². The fraction of sp³-hybridized carbons (Fsp3) is 0.857. The molecule has 1 aliphatic rings. The highest BCUT2D eigenvalue weighted by molar-refractivity contribution is 5.47. The highest BCUT2D eigenvalue weighted by Gasteiger charge is 2.15. The fourth-order valence-electron chi connectivity index (χ4n) is 1.22. The zero-order valence-electron chi connectivity index (χ0n) is 7.16. The quantitative estimate of drug-likeness (QED) is 0.493. The summed E-state index contributed by atoms with van der Waals surface area (Å²) < 4.78 is 0. The maximum absolute atomic E-state index is 10.3. The van der Waals surface area contributed by atoms with E-state index in [-0.39, 0.29) is 0 Å². The summed E-state index contributed by atoms with van der Waals surface area (Å²) >= 11 is 0. The molecule has 0 radical (unpaired) electrons. The molecule has 11 heavy (non-hydrogen) atoms. The first-order valence-electron chi connectivity index (χ1n) is 3.85. The molecule has 0 atom stereocenters. The fourth-order valence-corrected chi connectivity index (χ4v) is 1.22. The first-order valence-corrected chi connectivity index (χ1v) is 3.85. The Morgan fingerprint density at radius 3 is 2.09 bits per heavy atom. The molecule has 4 heteroatoms. The largest absolute Gasteiger partial charge is 0.343 e. The van der Waals surface area contributed by atoms with E-state index in [1.807, 2.05) is 14.1 Å². The van der Waals surface area contributed by atoms with E-state index in [9.17, 15) is 4.79 Å². The second-order valence-corrected chi connectivity index (χ2v) is 2.94. The molecule has 0 saturated carbocycles. The van der Waals surface area contributed by atoms with Gasteiger partial charge in [-0.25, -0.2) is 10.0 Å². The maximum atomic E-state index is 10.3. The molecule has 0 aromatic rings. The van der Waals surface area contributed by atoms with E-state index in [1.54, 1.807) is 4.90 Å². The van der Waals surface area contributed by atoms with Crippen molar-refractivity contribution in [2.24, 2.45) is 0 Å². The molecular formula is C7H15N3O. The number of nitrogens with zero attached hydrogens (tertiary/aromatic N) is 3. The number of rotatable bonds is 2. The Balaban J connectivity index is 2.29. The van der Waals surface area contributed by atoms with Crippen LogP contribution < -0.4 is 0 Å². The molecule has 0 spiro atoms. The van der Waals surface area contributed by atoms with Gasteiger partial charge in [0.25, 0.3) is 0 Å². The molecule has 0 aromatic carbocycles. The van der Waals surface area contributed by atoms with Gasteiger partial charge in [-0.2, -0.15) is 0 Å². The monoisotopic (exact) mass is 157 g/mol. The van der Waals surface area contributed by atoms with Crippen molar-refractivity contribution in [2.45, 2.75) is 0 Å². The van der Waals surface area contributed by atoms with Crippen LogP contribution in [0.5, 0.6) is 0 Å². The number of carbonyl (C=O) groups excluding carboxylic acids is 1. The lowest BCUT2D eigenvalue weighted by Crippen LogP contribution is -2.50. The standard InChI is InChI=1S/C7H15N3O/c1-8(2)10-5-3-9(7-11)4-6-10/h7H,3-6H2,1-2H3. The van der Waals surface area contributed by atoms with Gasteiger partial charge in [-0.3, -0.25) is 4.79 Å². The molecule has 0 unspecified atom stereocenters. The zero-order valence-corrected chi connectivity index (χ0v) is 7.16. The average molecular weight is 157 g/mol. The smallest absolute Gasteiger partial charge is 0.209 e.